The van der Waals surface area contributed by atoms with Crippen LogP contribution in [-0.4, -0.2) is 39.1 Å². The second-order valence-electron chi connectivity index (χ2n) is 6.29. The summed E-state index contributed by atoms with van der Waals surface area (Å²) in [5.41, 5.74) is 1.01. The minimum Gasteiger partial charge on any atom is -0.352 e. The highest BCUT2D eigenvalue weighted by atomic mass is 16.5. The molecule has 8 heteroatoms. The third kappa shape index (κ3) is 2.79. The largest absolute Gasteiger partial charge is 0.352 e. The fraction of sp³-hybridized carbons (Fsp3) is 0.353. The summed E-state index contributed by atoms with van der Waals surface area (Å²) in [5, 5.41) is 7.05. The Morgan fingerprint density at radius 1 is 1.28 bits per heavy atom. The van der Waals surface area contributed by atoms with Gasteiger partial charge in [0.05, 0.1) is 23.8 Å². The van der Waals surface area contributed by atoms with Gasteiger partial charge in [0.15, 0.2) is 5.82 Å². The van der Waals surface area contributed by atoms with Crippen LogP contribution < -0.4 is 10.2 Å². The van der Waals surface area contributed by atoms with Crippen LogP contribution in [0.4, 0.5) is 5.82 Å². The van der Waals surface area contributed by atoms with E-state index < -0.39 is 5.54 Å². The Hall–Kier alpha value is -3.03. The fourth-order valence-electron chi connectivity index (χ4n) is 3.28. The van der Waals surface area contributed by atoms with E-state index in [9.17, 15) is 4.79 Å². The van der Waals surface area contributed by atoms with E-state index in [1.54, 1.807) is 13.1 Å². The van der Waals surface area contributed by atoms with Crippen molar-refractivity contribution in [3.05, 3.63) is 42.2 Å². The molecule has 1 N–H and O–H groups in total. The van der Waals surface area contributed by atoms with Crippen LogP contribution in [0.3, 0.4) is 0 Å². The Morgan fingerprint density at radius 3 is 2.80 bits per heavy atom. The first-order valence-corrected chi connectivity index (χ1v) is 8.12. The van der Waals surface area contributed by atoms with Crippen molar-refractivity contribution in [1.29, 1.82) is 0 Å². The molecule has 3 heterocycles. The van der Waals surface area contributed by atoms with E-state index in [-0.39, 0.29) is 5.91 Å². The highest BCUT2D eigenvalue weighted by Crippen LogP contribution is 2.33. The van der Waals surface area contributed by atoms with Crippen LogP contribution in [0, 0.1) is 6.92 Å². The quantitative estimate of drug-likeness (QED) is 0.774. The molecule has 4 rings (SSSR count). The summed E-state index contributed by atoms with van der Waals surface area (Å²) in [5.74, 6) is 1.61. The third-order valence-electron chi connectivity index (χ3n) is 4.40. The molecule has 25 heavy (non-hydrogen) atoms. The lowest BCUT2D eigenvalue weighted by Crippen LogP contribution is -2.48. The summed E-state index contributed by atoms with van der Waals surface area (Å²) in [6.45, 7) is 4.45. The zero-order valence-corrected chi connectivity index (χ0v) is 14.1. The summed E-state index contributed by atoms with van der Waals surface area (Å²) in [7, 11) is 0. The maximum atomic E-state index is 11.8. The predicted octanol–water partition coefficient (Wildman–Crippen LogP) is 1.56. The second kappa shape index (κ2) is 5.80. The lowest BCUT2D eigenvalue weighted by Gasteiger charge is -2.27. The molecule has 0 bridgehead atoms. The van der Waals surface area contributed by atoms with Gasteiger partial charge in [-0.1, -0.05) is 17.3 Å². The first kappa shape index (κ1) is 15.5. The molecule has 0 unspecified atom stereocenters. The van der Waals surface area contributed by atoms with Crippen LogP contribution in [-0.2, 0) is 10.3 Å². The maximum absolute atomic E-state index is 11.8. The summed E-state index contributed by atoms with van der Waals surface area (Å²) in [6, 6.07) is 7.74. The lowest BCUT2D eigenvalue weighted by molar-refractivity contribution is -0.120. The second-order valence-corrected chi connectivity index (χ2v) is 6.29. The number of hydrogen-bond acceptors (Lipinski definition) is 7. The minimum absolute atomic E-state index is 0.131. The molecule has 128 valence electrons. The molecule has 1 aliphatic rings. The van der Waals surface area contributed by atoms with Gasteiger partial charge >= 0.3 is 0 Å². The van der Waals surface area contributed by atoms with Crippen molar-refractivity contribution in [2.45, 2.75) is 25.8 Å². The van der Waals surface area contributed by atoms with Crippen molar-refractivity contribution in [1.82, 2.24) is 25.4 Å². The number of carbonyl (C=O) groups excluding carboxylic acids is 1. The van der Waals surface area contributed by atoms with Gasteiger partial charge in [-0.15, -0.1) is 0 Å². The van der Waals surface area contributed by atoms with Crippen molar-refractivity contribution in [2.75, 3.05) is 18.0 Å². The van der Waals surface area contributed by atoms with Crippen molar-refractivity contribution in [2.24, 2.45) is 0 Å². The van der Waals surface area contributed by atoms with Gasteiger partial charge in [-0.3, -0.25) is 9.78 Å². The number of aromatic nitrogens is 4. The summed E-state index contributed by atoms with van der Waals surface area (Å²) in [4.78, 5) is 27.3. The molecular weight excluding hydrogens is 320 g/mol. The first-order chi connectivity index (χ1) is 12.1. The van der Waals surface area contributed by atoms with Crippen LogP contribution in [0.1, 0.15) is 25.1 Å². The molecule has 0 spiro atoms. The van der Waals surface area contributed by atoms with Gasteiger partial charge in [-0.25, -0.2) is 4.98 Å². The summed E-state index contributed by atoms with van der Waals surface area (Å²) >= 11 is 0. The fourth-order valence-corrected chi connectivity index (χ4v) is 3.28. The van der Waals surface area contributed by atoms with Crippen molar-refractivity contribution < 1.29 is 9.32 Å². The summed E-state index contributed by atoms with van der Waals surface area (Å²) in [6.07, 6.45) is 2.42. The molecule has 0 radical (unpaired) electrons. The van der Waals surface area contributed by atoms with Crippen molar-refractivity contribution >= 4 is 22.8 Å². The van der Waals surface area contributed by atoms with Crippen LogP contribution in [0.2, 0.25) is 0 Å². The Kier molecular flexibility index (Phi) is 3.60. The van der Waals surface area contributed by atoms with Gasteiger partial charge in [0.2, 0.25) is 11.8 Å². The molecule has 2 aromatic heterocycles. The number of hydrogen-bond donors (Lipinski definition) is 1. The van der Waals surface area contributed by atoms with E-state index in [0.29, 0.717) is 31.2 Å². The molecule has 1 aliphatic heterocycles. The zero-order chi connectivity index (χ0) is 17.4. The number of benzene rings is 1. The van der Waals surface area contributed by atoms with Crippen LogP contribution in [0.15, 0.2) is 35.0 Å². The van der Waals surface area contributed by atoms with Crippen LogP contribution in [0.25, 0.3) is 11.0 Å². The van der Waals surface area contributed by atoms with E-state index in [1.807, 2.05) is 24.3 Å². The normalized spacial score (nSPS) is 20.2. The Bertz CT molecular complexity index is 940. The zero-order valence-electron chi connectivity index (χ0n) is 14.1. The first-order valence-electron chi connectivity index (χ1n) is 8.12. The number of fused-ring (bicyclic) bond motifs is 1. The maximum Gasteiger partial charge on any atom is 0.223 e. The molecule has 1 atom stereocenters. The number of para-hydroxylation sites is 2. The molecule has 8 nitrogen and oxygen atoms in total. The third-order valence-corrected chi connectivity index (χ3v) is 4.40. The van der Waals surface area contributed by atoms with Crippen molar-refractivity contribution in [3.8, 4) is 0 Å². The van der Waals surface area contributed by atoms with Crippen molar-refractivity contribution in [3.63, 3.8) is 0 Å². The van der Waals surface area contributed by atoms with Gasteiger partial charge in [0.25, 0.3) is 0 Å². The molecule has 3 aromatic rings. The van der Waals surface area contributed by atoms with Crippen LogP contribution in [0.5, 0.6) is 0 Å². The SMILES string of the molecule is CC(=O)N[C@@]1(c2noc(C)n2)CCN(c2cnc3ccccc3n2)C1. The number of carbonyl (C=O) groups is 1. The van der Waals surface area contributed by atoms with Gasteiger partial charge in [-0.05, 0) is 18.6 Å². The molecule has 1 saturated heterocycles. The monoisotopic (exact) mass is 338 g/mol. The number of nitrogens with zero attached hydrogens (tertiary/aromatic N) is 5. The topological polar surface area (TPSA) is 97.0 Å². The van der Waals surface area contributed by atoms with Gasteiger partial charge in [0.1, 0.15) is 11.4 Å². The number of rotatable bonds is 3. The summed E-state index contributed by atoms with van der Waals surface area (Å²) < 4.78 is 5.12. The highest BCUT2D eigenvalue weighted by Gasteiger charge is 2.44. The molecular formula is C17H18N6O2. The molecule has 0 aliphatic carbocycles. The number of nitrogens with one attached hydrogen (secondary N) is 1. The lowest BCUT2D eigenvalue weighted by atomic mass is 9.97. The average Bonchev–Trinajstić information content (AvgIpc) is 3.21. The van der Waals surface area contributed by atoms with E-state index >= 15 is 0 Å². The minimum atomic E-state index is -0.684. The smallest absolute Gasteiger partial charge is 0.223 e. The Balaban J connectivity index is 1.67. The number of amides is 1. The Morgan fingerprint density at radius 2 is 2.08 bits per heavy atom. The molecule has 0 saturated carbocycles. The van der Waals surface area contributed by atoms with Gasteiger partial charge in [-0.2, -0.15) is 4.98 Å². The van der Waals surface area contributed by atoms with E-state index in [2.05, 4.69) is 30.3 Å². The van der Waals surface area contributed by atoms with E-state index in [4.69, 9.17) is 4.52 Å². The number of aryl methyl sites for hydroxylation is 1. The van der Waals surface area contributed by atoms with E-state index in [1.165, 1.54) is 6.92 Å². The molecule has 1 amide bonds. The van der Waals surface area contributed by atoms with E-state index in [0.717, 1.165) is 16.9 Å². The average molecular weight is 338 g/mol. The Labute approximate surface area is 144 Å². The van der Waals surface area contributed by atoms with Gasteiger partial charge in [0, 0.05) is 20.4 Å². The molecule has 1 aromatic carbocycles. The van der Waals surface area contributed by atoms with Crippen LogP contribution >= 0.6 is 0 Å². The molecule has 1 fully saturated rings. The predicted molar refractivity (Wildman–Crippen MR) is 90.9 cm³/mol. The van der Waals surface area contributed by atoms with Gasteiger partial charge < -0.3 is 14.7 Å². The standard InChI is InChI=1S/C17H18N6O2/c1-11(24)21-17(16-19-12(2)25-22-16)7-8-23(10-17)15-9-18-13-5-3-4-6-14(13)20-15/h3-6,9H,7-8,10H2,1-2H3,(H,21,24)/t17-/m0/s1. The highest BCUT2D eigenvalue weighted by molar-refractivity contribution is 5.76. The number of anilines is 1.